The molecular formula is C28H19NO5S2. The lowest BCUT2D eigenvalue weighted by atomic mass is 10.1. The largest absolute Gasteiger partial charge is 0.481 e. The van der Waals surface area contributed by atoms with E-state index in [0.29, 0.717) is 29.9 Å². The lowest BCUT2D eigenvalue weighted by Crippen LogP contribution is -2.17. The third kappa shape index (κ3) is 4.13. The molecular weight excluding hydrogens is 494 g/mol. The van der Waals surface area contributed by atoms with Gasteiger partial charge in [0.1, 0.15) is 23.3 Å². The molecule has 178 valence electrons. The summed E-state index contributed by atoms with van der Waals surface area (Å²) in [4.78, 5) is 25.9. The molecule has 1 fully saturated rings. The number of hydrogen-bond donors (Lipinski definition) is 2. The molecule has 2 N–H and O–H groups in total. The lowest BCUT2D eigenvalue weighted by molar-refractivity contribution is -0.139. The maximum Gasteiger partial charge on any atom is 0.412 e. The van der Waals surface area contributed by atoms with Gasteiger partial charge >= 0.3 is 12.1 Å². The van der Waals surface area contributed by atoms with E-state index in [1.807, 2.05) is 66.7 Å². The van der Waals surface area contributed by atoms with Crippen LogP contribution in [-0.4, -0.2) is 17.2 Å². The molecule has 1 aliphatic carbocycles. The Labute approximate surface area is 214 Å². The molecule has 0 bridgehead atoms. The Morgan fingerprint density at radius 1 is 1.03 bits per heavy atom. The summed E-state index contributed by atoms with van der Waals surface area (Å²) in [6.07, 6.45) is 0.793. The third-order valence-electron chi connectivity index (χ3n) is 6.18. The minimum atomic E-state index is -0.747. The number of carbonyl (C=O) groups excluding carboxylic acids is 1. The van der Waals surface area contributed by atoms with Crippen molar-refractivity contribution >= 4 is 60.8 Å². The monoisotopic (exact) mass is 513 g/mol. The number of para-hydroxylation sites is 1. The number of rotatable bonds is 5. The molecule has 3 aromatic heterocycles. The van der Waals surface area contributed by atoms with Crippen LogP contribution in [-0.2, 0) is 21.6 Å². The molecule has 36 heavy (non-hydrogen) atoms. The summed E-state index contributed by atoms with van der Waals surface area (Å²) in [5, 5.41) is 14.1. The first-order chi connectivity index (χ1) is 17.5. The van der Waals surface area contributed by atoms with E-state index < -0.39 is 17.5 Å². The Morgan fingerprint density at radius 2 is 1.81 bits per heavy atom. The standard InChI is InChI=1S/C28H19NO5S2/c30-26(31)28(12-13-28)23-15-18-14-19(35-25(18)36-23)10-11-22-24(20-8-4-5-9-21(20)34-22)29-27(32)33-16-17-6-2-1-3-7-17/h1-9,14-15H,12-13,16H2,(H,29,32)(H,30,31). The van der Waals surface area contributed by atoms with Crippen LogP contribution in [0.2, 0.25) is 0 Å². The van der Waals surface area contributed by atoms with Crippen LogP contribution < -0.4 is 5.32 Å². The number of thiophene rings is 2. The first-order valence-corrected chi connectivity index (χ1v) is 12.9. The van der Waals surface area contributed by atoms with Gasteiger partial charge in [0.2, 0.25) is 5.76 Å². The number of hydrogen-bond acceptors (Lipinski definition) is 6. The van der Waals surface area contributed by atoms with E-state index in [4.69, 9.17) is 9.15 Å². The van der Waals surface area contributed by atoms with Gasteiger partial charge in [0.25, 0.3) is 0 Å². The predicted octanol–water partition coefficient (Wildman–Crippen LogP) is 6.97. The molecule has 1 saturated carbocycles. The van der Waals surface area contributed by atoms with E-state index in [-0.39, 0.29) is 6.61 Å². The highest BCUT2D eigenvalue weighted by Gasteiger charge is 2.53. The second-order valence-corrected chi connectivity index (χ2v) is 11.0. The van der Waals surface area contributed by atoms with Crippen LogP contribution in [0.5, 0.6) is 0 Å². The van der Waals surface area contributed by atoms with Gasteiger partial charge in [0.05, 0.1) is 8.89 Å². The molecule has 1 aliphatic rings. The molecule has 8 heteroatoms. The van der Waals surface area contributed by atoms with Gasteiger partial charge < -0.3 is 14.3 Å². The van der Waals surface area contributed by atoms with E-state index in [0.717, 1.165) is 30.1 Å². The molecule has 0 spiro atoms. The zero-order valence-corrected chi connectivity index (χ0v) is 20.5. The molecule has 0 atom stereocenters. The highest BCUT2D eigenvalue weighted by molar-refractivity contribution is 7.38. The normalized spacial score (nSPS) is 13.8. The summed E-state index contributed by atoms with van der Waals surface area (Å²) in [5.74, 6) is 5.79. The number of aliphatic carboxylic acids is 1. The fourth-order valence-corrected chi connectivity index (χ4v) is 6.60. The number of benzene rings is 2. The smallest absolute Gasteiger partial charge is 0.412 e. The molecule has 6 rings (SSSR count). The van der Waals surface area contributed by atoms with E-state index >= 15 is 0 Å². The first-order valence-electron chi connectivity index (χ1n) is 11.3. The Kier molecular flexibility index (Phi) is 5.52. The van der Waals surface area contributed by atoms with Gasteiger partial charge in [-0.25, -0.2) is 4.79 Å². The number of ether oxygens (including phenoxy) is 1. The Hall–Kier alpha value is -4.06. The van der Waals surface area contributed by atoms with Gasteiger partial charge in [0, 0.05) is 15.6 Å². The van der Waals surface area contributed by atoms with Crippen molar-refractivity contribution in [1.29, 1.82) is 0 Å². The van der Waals surface area contributed by atoms with Gasteiger partial charge in [-0.05, 0) is 54.5 Å². The lowest BCUT2D eigenvalue weighted by Gasteiger charge is -2.06. The summed E-state index contributed by atoms with van der Waals surface area (Å²) < 4.78 is 12.4. The highest BCUT2D eigenvalue weighted by atomic mass is 32.2. The number of nitrogens with one attached hydrogen (secondary N) is 1. The fraction of sp³-hybridized carbons (Fsp3) is 0.143. The van der Waals surface area contributed by atoms with Crippen molar-refractivity contribution in [2.24, 2.45) is 0 Å². The number of carboxylic acids is 1. The first kappa shape index (κ1) is 22.4. The topological polar surface area (TPSA) is 88.8 Å². The van der Waals surface area contributed by atoms with Crippen LogP contribution in [0.1, 0.15) is 33.9 Å². The van der Waals surface area contributed by atoms with Gasteiger partial charge in [-0.15, -0.1) is 22.7 Å². The molecule has 2 aromatic carbocycles. The van der Waals surface area contributed by atoms with Crippen LogP contribution in [0.25, 0.3) is 20.4 Å². The molecule has 0 radical (unpaired) electrons. The molecule has 0 aliphatic heterocycles. The molecule has 0 saturated heterocycles. The van der Waals surface area contributed by atoms with E-state index in [9.17, 15) is 14.7 Å². The fourth-order valence-electron chi connectivity index (χ4n) is 4.06. The highest BCUT2D eigenvalue weighted by Crippen LogP contribution is 2.52. The second kappa shape index (κ2) is 8.86. The Balaban J connectivity index is 1.25. The maximum absolute atomic E-state index is 12.5. The molecule has 6 nitrogen and oxygen atoms in total. The van der Waals surface area contributed by atoms with Gasteiger partial charge in [0.15, 0.2) is 0 Å². The minimum Gasteiger partial charge on any atom is -0.481 e. The van der Waals surface area contributed by atoms with E-state index in [1.165, 1.54) is 22.7 Å². The number of carbonyl (C=O) groups is 2. The number of carboxylic acid groups (broad SMARTS) is 1. The van der Waals surface area contributed by atoms with Crippen LogP contribution >= 0.6 is 22.7 Å². The quantitative estimate of drug-likeness (QED) is 0.248. The molecule has 5 aromatic rings. The average Bonchev–Trinajstić information content (AvgIpc) is 3.32. The molecule has 1 amide bonds. The SMILES string of the molecule is O=C(Nc1c(C#Cc2cc3cc(C4(C(=O)O)CC4)sc3s2)oc2ccccc12)OCc1ccccc1. The van der Waals surface area contributed by atoms with Crippen LogP contribution in [0, 0.1) is 11.8 Å². The number of amides is 1. The Bertz CT molecular complexity index is 1650. The van der Waals surface area contributed by atoms with Crippen molar-refractivity contribution < 1.29 is 23.8 Å². The van der Waals surface area contributed by atoms with Crippen LogP contribution in [0.15, 0.2) is 71.1 Å². The van der Waals surface area contributed by atoms with Crippen LogP contribution in [0.4, 0.5) is 10.5 Å². The summed E-state index contributed by atoms with van der Waals surface area (Å²) in [7, 11) is 0. The second-order valence-electron chi connectivity index (χ2n) is 8.59. The van der Waals surface area contributed by atoms with Crippen molar-refractivity contribution in [3.8, 4) is 11.8 Å². The summed E-state index contributed by atoms with van der Waals surface area (Å²) in [6, 6.07) is 20.8. The van der Waals surface area contributed by atoms with Crippen molar-refractivity contribution in [2.45, 2.75) is 24.9 Å². The molecule has 0 unspecified atom stereocenters. The van der Waals surface area contributed by atoms with Crippen molar-refractivity contribution in [3.63, 3.8) is 0 Å². The Morgan fingerprint density at radius 3 is 2.56 bits per heavy atom. The maximum atomic E-state index is 12.5. The number of anilines is 1. The van der Waals surface area contributed by atoms with Crippen molar-refractivity contribution in [3.05, 3.63) is 87.8 Å². The zero-order valence-electron chi connectivity index (χ0n) is 18.9. The average molecular weight is 514 g/mol. The van der Waals surface area contributed by atoms with E-state index in [2.05, 4.69) is 17.2 Å². The van der Waals surface area contributed by atoms with Crippen molar-refractivity contribution in [1.82, 2.24) is 0 Å². The summed E-state index contributed by atoms with van der Waals surface area (Å²) >= 11 is 3.05. The zero-order chi connectivity index (χ0) is 24.7. The van der Waals surface area contributed by atoms with Gasteiger partial charge in [-0.2, -0.15) is 0 Å². The van der Waals surface area contributed by atoms with E-state index in [1.54, 1.807) is 0 Å². The van der Waals surface area contributed by atoms with Crippen molar-refractivity contribution in [2.75, 3.05) is 5.32 Å². The molecule has 3 heterocycles. The number of fused-ring (bicyclic) bond motifs is 2. The third-order valence-corrected chi connectivity index (χ3v) is 8.69. The van der Waals surface area contributed by atoms with Gasteiger partial charge in [-0.1, -0.05) is 42.5 Å². The minimum absolute atomic E-state index is 0.153. The van der Waals surface area contributed by atoms with Gasteiger partial charge in [-0.3, -0.25) is 10.1 Å². The number of furan rings is 1. The van der Waals surface area contributed by atoms with Crippen LogP contribution in [0.3, 0.4) is 0 Å². The predicted molar refractivity (Wildman–Crippen MR) is 141 cm³/mol. The summed E-state index contributed by atoms with van der Waals surface area (Å²) in [5.41, 5.74) is 1.27. The summed E-state index contributed by atoms with van der Waals surface area (Å²) in [6.45, 7) is 0.153.